The van der Waals surface area contributed by atoms with Gasteiger partial charge in [-0.05, 0) is 17.7 Å². The molecular weight excluding hydrogens is 323 g/mol. The molecule has 0 aliphatic heterocycles. The lowest BCUT2D eigenvalue weighted by atomic mass is 9.95. The van der Waals surface area contributed by atoms with Gasteiger partial charge in [-0.15, -0.1) is 0 Å². The topological polar surface area (TPSA) is 49.7 Å². The summed E-state index contributed by atoms with van der Waals surface area (Å²) in [5.41, 5.74) is 1.32. The molecule has 0 radical (unpaired) electrons. The molecule has 3 atom stereocenters. The number of rotatable bonds is 6. The summed E-state index contributed by atoms with van der Waals surface area (Å²) in [5.74, 6) is -0.274. The van der Waals surface area contributed by atoms with E-state index in [9.17, 15) is 10.2 Å². The van der Waals surface area contributed by atoms with Crippen LogP contribution in [0.1, 0.15) is 30.3 Å². The van der Waals surface area contributed by atoms with E-state index in [4.69, 9.17) is 27.9 Å². The smallest absolute Gasteiger partial charge is 0.181 e. The van der Waals surface area contributed by atoms with Gasteiger partial charge in [-0.3, -0.25) is 0 Å². The molecule has 2 aromatic carbocycles. The van der Waals surface area contributed by atoms with Crippen molar-refractivity contribution in [1.82, 2.24) is 0 Å². The van der Waals surface area contributed by atoms with Crippen LogP contribution in [0.25, 0.3) is 0 Å². The molecule has 0 aliphatic carbocycles. The van der Waals surface area contributed by atoms with Gasteiger partial charge in [0.05, 0.1) is 12.7 Å². The average molecular weight is 341 g/mol. The number of halogens is 2. The number of aliphatic hydroxyl groups excluding tert-OH is 2. The highest BCUT2D eigenvalue weighted by molar-refractivity contribution is 6.36. The second-order valence-corrected chi connectivity index (χ2v) is 5.86. The van der Waals surface area contributed by atoms with Crippen molar-refractivity contribution in [3.8, 4) is 0 Å². The molecule has 0 bridgehead atoms. The van der Waals surface area contributed by atoms with Gasteiger partial charge in [-0.1, -0.05) is 66.5 Å². The van der Waals surface area contributed by atoms with Crippen LogP contribution in [0.5, 0.6) is 0 Å². The van der Waals surface area contributed by atoms with E-state index in [1.54, 1.807) is 30.3 Å². The Labute approximate surface area is 140 Å². The van der Waals surface area contributed by atoms with Crippen molar-refractivity contribution < 1.29 is 14.9 Å². The molecule has 0 aliphatic rings. The summed E-state index contributed by atoms with van der Waals surface area (Å²) in [6, 6.07) is 14.2. The van der Waals surface area contributed by atoms with Gasteiger partial charge in [0.2, 0.25) is 0 Å². The van der Waals surface area contributed by atoms with E-state index in [-0.39, 0.29) is 12.5 Å². The number of hydrogen-bond donors (Lipinski definition) is 2. The first-order valence-electron chi connectivity index (χ1n) is 6.97. The Hall–Kier alpha value is -1.10. The molecule has 0 spiro atoms. The maximum atomic E-state index is 10.2. The lowest BCUT2D eigenvalue weighted by Gasteiger charge is -2.27. The molecule has 3 nitrogen and oxygen atoms in total. The Balaban J connectivity index is 2.17. The summed E-state index contributed by atoms with van der Waals surface area (Å²) in [6.45, 7) is 1.60. The summed E-state index contributed by atoms with van der Waals surface area (Å²) in [6.07, 6.45) is -1.75. The van der Waals surface area contributed by atoms with E-state index in [1.807, 2.05) is 25.1 Å². The molecule has 0 fully saturated rings. The van der Waals surface area contributed by atoms with Crippen LogP contribution in [0, 0.1) is 0 Å². The van der Waals surface area contributed by atoms with Gasteiger partial charge in [0.15, 0.2) is 6.29 Å². The second kappa shape index (κ2) is 7.95. The van der Waals surface area contributed by atoms with Crippen molar-refractivity contribution >= 4 is 23.2 Å². The van der Waals surface area contributed by atoms with Crippen LogP contribution in [0.2, 0.25) is 10.0 Å². The normalized spacial score (nSPS) is 15.3. The first-order chi connectivity index (χ1) is 10.5. The number of hydrogen-bond acceptors (Lipinski definition) is 3. The maximum Gasteiger partial charge on any atom is 0.181 e. The minimum atomic E-state index is -1.12. The van der Waals surface area contributed by atoms with E-state index in [0.29, 0.717) is 21.2 Å². The number of ether oxygens (including phenoxy) is 1. The second-order valence-electron chi connectivity index (χ2n) is 5.04. The average Bonchev–Trinajstić information content (AvgIpc) is 2.52. The third kappa shape index (κ3) is 4.00. The van der Waals surface area contributed by atoms with E-state index in [1.165, 1.54) is 0 Å². The van der Waals surface area contributed by atoms with Crippen molar-refractivity contribution in [3.63, 3.8) is 0 Å². The molecular formula is C17H18Cl2O3. The fourth-order valence-corrected chi connectivity index (χ4v) is 3.05. The molecule has 0 amide bonds. The molecule has 118 valence electrons. The van der Waals surface area contributed by atoms with Crippen molar-refractivity contribution in [2.45, 2.75) is 25.2 Å². The zero-order chi connectivity index (χ0) is 16.1. The predicted octanol–water partition coefficient (Wildman–Crippen LogP) is 4.17. The molecule has 3 unspecified atom stereocenters. The Morgan fingerprint density at radius 3 is 2.14 bits per heavy atom. The Kier molecular flexibility index (Phi) is 6.24. The minimum absolute atomic E-state index is 0.257. The van der Waals surface area contributed by atoms with Crippen LogP contribution < -0.4 is 0 Å². The predicted molar refractivity (Wildman–Crippen MR) is 88.2 cm³/mol. The van der Waals surface area contributed by atoms with Gasteiger partial charge in [0, 0.05) is 21.5 Å². The zero-order valence-corrected chi connectivity index (χ0v) is 13.6. The van der Waals surface area contributed by atoms with Crippen molar-refractivity contribution in [2.75, 3.05) is 6.61 Å². The van der Waals surface area contributed by atoms with Gasteiger partial charge >= 0.3 is 0 Å². The number of aliphatic hydroxyl groups is 2. The van der Waals surface area contributed by atoms with Crippen LogP contribution >= 0.6 is 23.2 Å². The highest BCUT2D eigenvalue weighted by Gasteiger charge is 2.26. The van der Waals surface area contributed by atoms with Crippen LogP contribution in [0.4, 0.5) is 0 Å². The molecule has 2 rings (SSSR count). The van der Waals surface area contributed by atoms with Gasteiger partial charge in [0.1, 0.15) is 0 Å². The van der Waals surface area contributed by atoms with Gasteiger partial charge in [-0.2, -0.15) is 0 Å². The summed E-state index contributed by atoms with van der Waals surface area (Å²) >= 11 is 12.4. The number of benzene rings is 2. The lowest BCUT2D eigenvalue weighted by molar-refractivity contribution is -0.156. The fraction of sp³-hybridized carbons (Fsp3) is 0.294. The third-order valence-corrected chi connectivity index (χ3v) is 4.24. The summed E-state index contributed by atoms with van der Waals surface area (Å²) in [5, 5.41) is 20.8. The summed E-state index contributed by atoms with van der Waals surface area (Å²) in [4.78, 5) is 0. The minimum Gasteiger partial charge on any atom is -0.394 e. The molecule has 2 N–H and O–H groups in total. The highest BCUT2D eigenvalue weighted by Crippen LogP contribution is 2.35. The first kappa shape index (κ1) is 17.3. The van der Waals surface area contributed by atoms with Crippen molar-refractivity contribution in [2.24, 2.45) is 0 Å². The van der Waals surface area contributed by atoms with Crippen LogP contribution in [0.15, 0.2) is 48.5 Å². The quantitative estimate of drug-likeness (QED) is 0.776. The highest BCUT2D eigenvalue weighted by atomic mass is 35.5. The molecule has 22 heavy (non-hydrogen) atoms. The monoisotopic (exact) mass is 340 g/mol. The van der Waals surface area contributed by atoms with Gasteiger partial charge < -0.3 is 14.9 Å². The van der Waals surface area contributed by atoms with Crippen LogP contribution in [0.3, 0.4) is 0 Å². The molecule has 2 aromatic rings. The summed E-state index contributed by atoms with van der Waals surface area (Å²) < 4.78 is 5.60. The summed E-state index contributed by atoms with van der Waals surface area (Å²) in [7, 11) is 0. The Morgan fingerprint density at radius 2 is 1.59 bits per heavy atom. The lowest BCUT2D eigenvalue weighted by Crippen LogP contribution is -2.27. The van der Waals surface area contributed by atoms with Gasteiger partial charge in [-0.25, -0.2) is 0 Å². The molecule has 0 saturated carbocycles. The van der Waals surface area contributed by atoms with E-state index in [2.05, 4.69) is 0 Å². The SMILES string of the molecule is CC(c1c(Cl)cccc1Cl)C(CO)OC(O)c1ccccc1. The Morgan fingerprint density at radius 1 is 1.00 bits per heavy atom. The molecule has 0 saturated heterocycles. The fourth-order valence-electron chi connectivity index (χ4n) is 2.31. The maximum absolute atomic E-state index is 10.2. The largest absolute Gasteiger partial charge is 0.394 e. The van der Waals surface area contributed by atoms with E-state index < -0.39 is 12.4 Å². The molecule has 0 heterocycles. The standard InChI is InChI=1S/C17H18Cl2O3/c1-11(16-13(18)8-5-9-14(16)19)15(10-20)22-17(21)12-6-3-2-4-7-12/h2-9,11,15,17,20-21H,10H2,1H3. The zero-order valence-electron chi connectivity index (χ0n) is 12.1. The van der Waals surface area contributed by atoms with Gasteiger partial charge in [0.25, 0.3) is 0 Å². The Bertz CT molecular complexity index is 584. The molecule has 0 aromatic heterocycles. The van der Waals surface area contributed by atoms with Crippen LogP contribution in [-0.2, 0) is 4.74 Å². The van der Waals surface area contributed by atoms with Crippen molar-refractivity contribution in [1.29, 1.82) is 0 Å². The van der Waals surface area contributed by atoms with Crippen LogP contribution in [-0.4, -0.2) is 22.9 Å². The van der Waals surface area contributed by atoms with E-state index >= 15 is 0 Å². The first-order valence-corrected chi connectivity index (χ1v) is 7.73. The van der Waals surface area contributed by atoms with Crippen molar-refractivity contribution in [3.05, 3.63) is 69.7 Å². The molecule has 5 heteroatoms. The van der Waals surface area contributed by atoms with E-state index in [0.717, 1.165) is 0 Å². The third-order valence-electron chi connectivity index (χ3n) is 3.58.